The van der Waals surface area contributed by atoms with Crippen molar-refractivity contribution in [1.29, 1.82) is 0 Å². The van der Waals surface area contributed by atoms with E-state index in [-0.39, 0.29) is 0 Å². The van der Waals surface area contributed by atoms with Crippen LogP contribution in [0.4, 0.5) is 0 Å². The predicted molar refractivity (Wildman–Crippen MR) is 240 cm³/mol. The van der Waals surface area contributed by atoms with Crippen molar-refractivity contribution < 1.29 is 4.42 Å². The zero-order valence-electron chi connectivity index (χ0n) is 30.9. The molecule has 0 aliphatic carbocycles. The Labute approximate surface area is 336 Å². The van der Waals surface area contributed by atoms with Crippen LogP contribution in [0.1, 0.15) is 0 Å². The Morgan fingerprint density at radius 2 is 0.914 bits per heavy atom. The van der Waals surface area contributed by atoms with Crippen LogP contribution in [0.25, 0.3) is 120 Å². The molecule has 4 heterocycles. The predicted octanol–water partition coefficient (Wildman–Crippen LogP) is 14.2. The molecule has 6 heteroatoms. The highest BCUT2D eigenvalue weighted by molar-refractivity contribution is 7.25. The first-order chi connectivity index (χ1) is 28.7. The second-order valence-corrected chi connectivity index (χ2v) is 15.7. The van der Waals surface area contributed by atoms with E-state index in [0.717, 1.165) is 82.7 Å². The summed E-state index contributed by atoms with van der Waals surface area (Å²) in [6.07, 6.45) is 0. The monoisotopic (exact) mass is 758 g/mol. The molecule has 0 spiro atoms. The van der Waals surface area contributed by atoms with Crippen LogP contribution in [-0.4, -0.2) is 19.9 Å². The van der Waals surface area contributed by atoms with Gasteiger partial charge in [-0.25, -0.2) is 19.9 Å². The highest BCUT2D eigenvalue weighted by Crippen LogP contribution is 2.42. The van der Waals surface area contributed by atoms with Crippen LogP contribution in [0.15, 0.2) is 186 Å². The summed E-state index contributed by atoms with van der Waals surface area (Å²) in [5.41, 5.74) is 9.57. The second-order valence-electron chi connectivity index (χ2n) is 14.6. The van der Waals surface area contributed by atoms with Crippen LogP contribution in [-0.2, 0) is 0 Å². The molecule has 0 N–H and O–H groups in total. The molecule has 8 aromatic carbocycles. The quantitative estimate of drug-likeness (QED) is 0.164. The smallest absolute Gasteiger partial charge is 0.164 e. The number of para-hydroxylation sites is 1. The van der Waals surface area contributed by atoms with Gasteiger partial charge in [0.2, 0.25) is 0 Å². The maximum absolute atomic E-state index is 6.37. The molecule has 12 rings (SSSR count). The fourth-order valence-corrected chi connectivity index (χ4v) is 9.50. The molecule has 58 heavy (non-hydrogen) atoms. The van der Waals surface area contributed by atoms with Gasteiger partial charge in [0.1, 0.15) is 11.2 Å². The molecule has 0 unspecified atom stereocenters. The van der Waals surface area contributed by atoms with Crippen molar-refractivity contribution in [2.24, 2.45) is 0 Å². The number of pyridine rings is 1. The molecule has 0 saturated heterocycles. The Morgan fingerprint density at radius 3 is 1.74 bits per heavy atom. The fourth-order valence-electron chi connectivity index (χ4n) is 8.36. The summed E-state index contributed by atoms with van der Waals surface area (Å²) in [6.45, 7) is 0. The molecular formula is C52H30N4OS. The first kappa shape index (κ1) is 32.7. The molecule has 0 atom stereocenters. The third-order valence-corrected chi connectivity index (χ3v) is 12.2. The number of hydrogen-bond donors (Lipinski definition) is 0. The van der Waals surface area contributed by atoms with Crippen LogP contribution in [0.5, 0.6) is 0 Å². The Kier molecular flexibility index (Phi) is 7.33. The van der Waals surface area contributed by atoms with Gasteiger partial charge in [0.25, 0.3) is 0 Å². The van der Waals surface area contributed by atoms with Crippen LogP contribution >= 0.6 is 11.3 Å². The lowest BCUT2D eigenvalue weighted by Crippen LogP contribution is -2.00. The van der Waals surface area contributed by atoms with Crippen molar-refractivity contribution in [2.45, 2.75) is 0 Å². The summed E-state index contributed by atoms with van der Waals surface area (Å²) in [5.74, 6) is 1.89. The lowest BCUT2D eigenvalue weighted by atomic mass is 9.94. The van der Waals surface area contributed by atoms with Crippen LogP contribution in [0, 0.1) is 0 Å². The Bertz CT molecular complexity index is 3570. The molecule has 5 nitrogen and oxygen atoms in total. The van der Waals surface area contributed by atoms with Gasteiger partial charge >= 0.3 is 0 Å². The van der Waals surface area contributed by atoms with Crippen LogP contribution in [0.2, 0.25) is 0 Å². The Morgan fingerprint density at radius 1 is 0.328 bits per heavy atom. The maximum Gasteiger partial charge on any atom is 0.164 e. The van der Waals surface area contributed by atoms with Gasteiger partial charge in [0.15, 0.2) is 17.5 Å². The highest BCUT2D eigenvalue weighted by Gasteiger charge is 2.19. The number of fused-ring (bicyclic) bond motifs is 10. The fraction of sp³-hybridized carbons (Fsp3) is 0. The minimum Gasteiger partial charge on any atom is -0.456 e. The van der Waals surface area contributed by atoms with Crippen LogP contribution in [0.3, 0.4) is 0 Å². The SMILES string of the molecule is c1ccc(-c2nc(-c3cccc(-c4ccc5c(c4)nc(-c4ccccc4)c4ccc6oc7ccccc7c6c45)c3)nc(-c3ccc4c(c3)sc3ccccc34)n2)cc1. The van der Waals surface area contributed by atoms with E-state index in [4.69, 9.17) is 24.4 Å². The van der Waals surface area contributed by atoms with E-state index in [9.17, 15) is 0 Å². The average Bonchev–Trinajstić information content (AvgIpc) is 3.87. The summed E-state index contributed by atoms with van der Waals surface area (Å²) in [6, 6.07) is 63.2. The first-order valence-corrected chi connectivity index (χ1v) is 20.1. The van der Waals surface area contributed by atoms with Crippen molar-refractivity contribution in [3.8, 4) is 56.5 Å². The molecule has 12 aromatic rings. The number of furan rings is 1. The molecule has 0 radical (unpaired) electrons. The summed E-state index contributed by atoms with van der Waals surface area (Å²) in [7, 11) is 0. The van der Waals surface area contributed by atoms with Gasteiger partial charge in [-0.2, -0.15) is 0 Å². The van der Waals surface area contributed by atoms with Gasteiger partial charge < -0.3 is 4.42 Å². The van der Waals surface area contributed by atoms with Crippen molar-refractivity contribution in [2.75, 3.05) is 0 Å². The number of hydrogen-bond acceptors (Lipinski definition) is 6. The number of aromatic nitrogens is 4. The minimum absolute atomic E-state index is 0.618. The number of rotatable bonds is 5. The third-order valence-electron chi connectivity index (χ3n) is 11.1. The number of thiophene rings is 1. The zero-order chi connectivity index (χ0) is 38.2. The molecule has 0 aliphatic heterocycles. The van der Waals surface area contributed by atoms with E-state index in [0.29, 0.717) is 17.5 Å². The molecule has 0 saturated carbocycles. The second kappa shape index (κ2) is 13.0. The normalized spacial score (nSPS) is 11.8. The van der Waals surface area contributed by atoms with E-state index in [2.05, 4.69) is 133 Å². The van der Waals surface area contributed by atoms with Crippen molar-refractivity contribution in [3.63, 3.8) is 0 Å². The molecule has 270 valence electrons. The lowest BCUT2D eigenvalue weighted by molar-refractivity contribution is 0.669. The number of benzene rings is 8. The lowest BCUT2D eigenvalue weighted by Gasteiger charge is -2.13. The van der Waals surface area contributed by atoms with E-state index in [1.807, 2.05) is 48.5 Å². The van der Waals surface area contributed by atoms with Crippen molar-refractivity contribution in [1.82, 2.24) is 19.9 Å². The first-order valence-electron chi connectivity index (χ1n) is 19.3. The third kappa shape index (κ3) is 5.30. The molecule has 0 fully saturated rings. The zero-order valence-corrected chi connectivity index (χ0v) is 31.7. The van der Waals surface area contributed by atoms with Gasteiger partial charge in [-0.3, -0.25) is 0 Å². The Hall–Kier alpha value is -7.54. The molecule has 0 amide bonds. The number of nitrogens with zero attached hydrogens (tertiary/aromatic N) is 4. The largest absolute Gasteiger partial charge is 0.456 e. The average molecular weight is 759 g/mol. The maximum atomic E-state index is 6.37. The van der Waals surface area contributed by atoms with Gasteiger partial charge in [0, 0.05) is 69.4 Å². The van der Waals surface area contributed by atoms with E-state index >= 15 is 0 Å². The van der Waals surface area contributed by atoms with Gasteiger partial charge in [-0.1, -0.05) is 140 Å². The molecule has 4 aromatic heterocycles. The van der Waals surface area contributed by atoms with Crippen molar-refractivity contribution >= 4 is 75.1 Å². The van der Waals surface area contributed by atoms with E-state index in [1.54, 1.807) is 11.3 Å². The van der Waals surface area contributed by atoms with Crippen molar-refractivity contribution in [3.05, 3.63) is 182 Å². The standard InChI is InChI=1S/C52H30N4OS/c1-3-12-31(13-4-1)49-41-26-27-44-48(40-19-7-9-20-43(40)57-44)47(41)39-25-22-34(29-42(39)53-49)33-16-11-17-35(28-33)51-54-50(32-14-5-2-6-15-32)55-52(56-51)36-23-24-38-37-18-8-10-21-45(37)58-46(38)30-36/h1-30H. The van der Waals surface area contributed by atoms with E-state index < -0.39 is 0 Å². The Balaban J connectivity index is 1.02. The van der Waals surface area contributed by atoms with Gasteiger partial charge in [-0.15, -0.1) is 11.3 Å². The van der Waals surface area contributed by atoms with Gasteiger partial charge in [-0.05, 0) is 53.6 Å². The molecule has 0 aliphatic rings. The summed E-state index contributed by atoms with van der Waals surface area (Å²) in [4.78, 5) is 20.6. The summed E-state index contributed by atoms with van der Waals surface area (Å²) in [5, 5.41) is 8.04. The van der Waals surface area contributed by atoms with E-state index in [1.165, 1.54) is 20.2 Å². The highest BCUT2D eigenvalue weighted by atomic mass is 32.1. The summed E-state index contributed by atoms with van der Waals surface area (Å²) < 4.78 is 8.85. The van der Waals surface area contributed by atoms with Crippen LogP contribution < -0.4 is 0 Å². The topological polar surface area (TPSA) is 64.7 Å². The molecule has 0 bridgehead atoms. The van der Waals surface area contributed by atoms with Gasteiger partial charge in [0.05, 0.1) is 11.2 Å². The summed E-state index contributed by atoms with van der Waals surface area (Å²) >= 11 is 1.79. The molecular weight excluding hydrogens is 729 g/mol. The minimum atomic E-state index is 0.618.